The molecule has 1 aromatic heterocycles. The molecule has 1 atom stereocenters. The summed E-state index contributed by atoms with van der Waals surface area (Å²) in [4.78, 5) is 13.2. The summed E-state index contributed by atoms with van der Waals surface area (Å²) in [6, 6.07) is 7.71. The van der Waals surface area contributed by atoms with Gasteiger partial charge in [0.2, 0.25) is 0 Å². The van der Waals surface area contributed by atoms with E-state index in [1.54, 1.807) is 10.9 Å². The van der Waals surface area contributed by atoms with Crippen molar-refractivity contribution in [1.29, 1.82) is 0 Å². The van der Waals surface area contributed by atoms with Crippen LogP contribution in [0.25, 0.3) is 0 Å². The van der Waals surface area contributed by atoms with E-state index in [-0.39, 0.29) is 11.0 Å². The van der Waals surface area contributed by atoms with Crippen molar-refractivity contribution in [3.05, 3.63) is 47.8 Å². The van der Waals surface area contributed by atoms with Gasteiger partial charge in [-0.2, -0.15) is 5.10 Å². The van der Waals surface area contributed by atoms with E-state index >= 15 is 0 Å². The normalized spacial score (nSPS) is 12.4. The fourth-order valence-corrected chi connectivity index (χ4v) is 2.64. The van der Waals surface area contributed by atoms with E-state index in [9.17, 15) is 4.79 Å². The molecule has 0 amide bonds. The second kappa shape index (κ2) is 5.40. The van der Waals surface area contributed by atoms with Crippen molar-refractivity contribution in [3.63, 3.8) is 0 Å². The summed E-state index contributed by atoms with van der Waals surface area (Å²) in [5.41, 5.74) is 1.93. The lowest BCUT2D eigenvalue weighted by Gasteiger charge is -2.08. The maximum absolute atomic E-state index is 12.2. The number of ketones is 1. The summed E-state index contributed by atoms with van der Waals surface area (Å²) in [6.45, 7) is 3.95. The van der Waals surface area contributed by atoms with Crippen LogP contribution in [0.5, 0.6) is 0 Å². The quantitative estimate of drug-likeness (QED) is 0.626. The molecule has 2 rings (SSSR count). The first kappa shape index (κ1) is 12.9. The first-order valence-corrected chi connectivity index (χ1v) is 6.70. The lowest BCUT2D eigenvalue weighted by atomic mass is 10.1. The van der Waals surface area contributed by atoms with Crippen molar-refractivity contribution < 1.29 is 4.79 Å². The van der Waals surface area contributed by atoms with Gasteiger partial charge >= 0.3 is 0 Å². The molecule has 0 spiro atoms. The van der Waals surface area contributed by atoms with Crippen LogP contribution in [0.1, 0.15) is 22.8 Å². The number of rotatable bonds is 4. The maximum atomic E-state index is 12.2. The zero-order valence-corrected chi connectivity index (χ0v) is 11.6. The van der Waals surface area contributed by atoms with Gasteiger partial charge < -0.3 is 0 Å². The number of thioether (sulfide) groups is 1. The van der Waals surface area contributed by atoms with Crippen LogP contribution >= 0.6 is 11.8 Å². The Morgan fingerprint density at radius 2 is 2.00 bits per heavy atom. The van der Waals surface area contributed by atoms with Crippen LogP contribution in [-0.2, 0) is 7.05 Å². The van der Waals surface area contributed by atoms with Gasteiger partial charge in [-0.3, -0.25) is 9.48 Å². The minimum absolute atomic E-state index is 0.100. The number of aromatic nitrogens is 2. The van der Waals surface area contributed by atoms with E-state index < -0.39 is 0 Å². The molecule has 3 nitrogen and oxygen atoms in total. The number of benzene rings is 1. The second-order valence-corrected chi connectivity index (χ2v) is 5.75. The Morgan fingerprint density at radius 1 is 1.33 bits per heavy atom. The van der Waals surface area contributed by atoms with Crippen molar-refractivity contribution >= 4 is 17.5 Å². The Hall–Kier alpha value is -1.55. The molecule has 0 aliphatic carbocycles. The molecule has 0 saturated heterocycles. The lowest BCUT2D eigenvalue weighted by Crippen LogP contribution is -2.13. The molecule has 0 saturated carbocycles. The van der Waals surface area contributed by atoms with E-state index in [1.165, 1.54) is 17.3 Å². The fraction of sp³-hybridized carbons (Fsp3) is 0.286. The molecule has 0 N–H and O–H groups in total. The smallest absolute Gasteiger partial charge is 0.175 e. The first-order chi connectivity index (χ1) is 8.56. The van der Waals surface area contributed by atoms with Crippen LogP contribution in [0.15, 0.2) is 41.6 Å². The van der Waals surface area contributed by atoms with Gasteiger partial charge in [-0.15, -0.1) is 11.8 Å². The number of carbonyl (C=O) groups excluding carboxylic acids is 1. The van der Waals surface area contributed by atoms with Gasteiger partial charge in [-0.05, 0) is 13.8 Å². The molecule has 2 aromatic rings. The molecular formula is C14H16N2OS. The Labute approximate surface area is 111 Å². The largest absolute Gasteiger partial charge is 0.293 e. The van der Waals surface area contributed by atoms with Crippen LogP contribution in [0.2, 0.25) is 0 Å². The highest BCUT2D eigenvalue weighted by Crippen LogP contribution is 2.25. The SMILES string of the molecule is Cc1ccc(C(=O)C(C)Sc2cnn(C)c2)cc1. The van der Waals surface area contributed by atoms with Crippen molar-refractivity contribution in [2.75, 3.05) is 0 Å². The van der Waals surface area contributed by atoms with Gasteiger partial charge in [0.1, 0.15) is 0 Å². The summed E-state index contributed by atoms with van der Waals surface area (Å²) in [7, 11) is 1.87. The zero-order valence-electron chi connectivity index (χ0n) is 10.8. The molecule has 1 heterocycles. The molecule has 0 bridgehead atoms. The predicted octanol–water partition coefficient (Wildman–Crippen LogP) is 3.09. The minimum Gasteiger partial charge on any atom is -0.293 e. The second-order valence-electron chi connectivity index (χ2n) is 4.34. The van der Waals surface area contributed by atoms with E-state index in [0.29, 0.717) is 0 Å². The molecule has 18 heavy (non-hydrogen) atoms. The number of aryl methyl sites for hydroxylation is 2. The van der Waals surface area contributed by atoms with Gasteiger partial charge in [0, 0.05) is 23.7 Å². The number of hydrogen-bond donors (Lipinski definition) is 0. The summed E-state index contributed by atoms with van der Waals surface area (Å²) in [5.74, 6) is 0.156. The highest BCUT2D eigenvalue weighted by Gasteiger charge is 2.16. The summed E-state index contributed by atoms with van der Waals surface area (Å²) in [6.07, 6.45) is 3.70. The standard InChI is InChI=1S/C14H16N2OS/c1-10-4-6-12(7-5-10)14(17)11(2)18-13-8-15-16(3)9-13/h4-9,11H,1-3H3. The average molecular weight is 260 g/mol. The highest BCUT2D eigenvalue weighted by atomic mass is 32.2. The van der Waals surface area contributed by atoms with Gasteiger partial charge in [0.25, 0.3) is 0 Å². The Balaban J connectivity index is 2.07. The van der Waals surface area contributed by atoms with Crippen LogP contribution in [0.4, 0.5) is 0 Å². The van der Waals surface area contributed by atoms with Gasteiger partial charge in [0.05, 0.1) is 11.4 Å². The fourth-order valence-electron chi connectivity index (χ4n) is 1.67. The third-order valence-corrected chi connectivity index (χ3v) is 3.75. The molecule has 0 fully saturated rings. The summed E-state index contributed by atoms with van der Waals surface area (Å²) in [5, 5.41) is 4.00. The van der Waals surface area contributed by atoms with Crippen LogP contribution < -0.4 is 0 Å². The van der Waals surface area contributed by atoms with Crippen molar-refractivity contribution in [3.8, 4) is 0 Å². The predicted molar refractivity (Wildman–Crippen MR) is 74.0 cm³/mol. The monoisotopic (exact) mass is 260 g/mol. The number of Topliss-reactive ketones (excluding diaryl/α,β-unsaturated/α-hetero) is 1. The highest BCUT2D eigenvalue weighted by molar-refractivity contribution is 8.00. The van der Waals surface area contributed by atoms with Crippen LogP contribution in [0.3, 0.4) is 0 Å². The Kier molecular flexibility index (Phi) is 3.87. The molecule has 4 heteroatoms. The van der Waals surface area contributed by atoms with Gasteiger partial charge in [-0.1, -0.05) is 29.8 Å². The third kappa shape index (κ3) is 3.01. The van der Waals surface area contributed by atoms with E-state index in [0.717, 1.165) is 10.5 Å². The molecule has 0 aliphatic rings. The van der Waals surface area contributed by atoms with Crippen molar-refractivity contribution in [2.24, 2.45) is 7.05 Å². The average Bonchev–Trinajstić information content (AvgIpc) is 2.75. The molecule has 0 radical (unpaired) electrons. The summed E-state index contributed by atoms with van der Waals surface area (Å²) < 4.78 is 1.74. The van der Waals surface area contributed by atoms with Crippen LogP contribution in [0, 0.1) is 6.92 Å². The number of hydrogen-bond acceptors (Lipinski definition) is 3. The topological polar surface area (TPSA) is 34.9 Å². The van der Waals surface area contributed by atoms with Crippen molar-refractivity contribution in [2.45, 2.75) is 24.0 Å². The van der Waals surface area contributed by atoms with E-state index in [4.69, 9.17) is 0 Å². The van der Waals surface area contributed by atoms with Crippen LogP contribution in [-0.4, -0.2) is 20.8 Å². The van der Waals surface area contributed by atoms with Gasteiger partial charge in [-0.25, -0.2) is 0 Å². The zero-order chi connectivity index (χ0) is 13.1. The molecular weight excluding hydrogens is 244 g/mol. The van der Waals surface area contributed by atoms with Gasteiger partial charge in [0.15, 0.2) is 5.78 Å². The third-order valence-electron chi connectivity index (χ3n) is 2.70. The molecule has 1 unspecified atom stereocenters. The Morgan fingerprint density at radius 3 is 2.56 bits per heavy atom. The number of nitrogens with zero attached hydrogens (tertiary/aromatic N) is 2. The Bertz CT molecular complexity index is 545. The lowest BCUT2D eigenvalue weighted by molar-refractivity contribution is 0.0994. The molecule has 1 aromatic carbocycles. The summed E-state index contributed by atoms with van der Waals surface area (Å²) >= 11 is 1.54. The van der Waals surface area contributed by atoms with Crippen molar-refractivity contribution in [1.82, 2.24) is 9.78 Å². The first-order valence-electron chi connectivity index (χ1n) is 5.82. The molecule has 0 aliphatic heterocycles. The maximum Gasteiger partial charge on any atom is 0.175 e. The molecule has 94 valence electrons. The minimum atomic E-state index is -0.100. The number of carbonyl (C=O) groups is 1. The van der Waals surface area contributed by atoms with E-state index in [2.05, 4.69) is 5.10 Å². The van der Waals surface area contributed by atoms with E-state index in [1.807, 2.05) is 51.4 Å².